The first-order valence-corrected chi connectivity index (χ1v) is 10.3. The second-order valence-electron chi connectivity index (χ2n) is 8.06. The number of amides is 2. The fraction of sp³-hybridized carbons (Fsp3) is 0.200. The number of fused-ring (bicyclic) bond motifs is 3. The summed E-state index contributed by atoms with van der Waals surface area (Å²) in [5, 5.41) is 4.72. The minimum absolute atomic E-state index is 0.341. The lowest BCUT2D eigenvalue weighted by Crippen LogP contribution is -2.55. The fourth-order valence-electron chi connectivity index (χ4n) is 4.45. The van der Waals surface area contributed by atoms with E-state index in [1.807, 2.05) is 92.7 Å². The second-order valence-corrected chi connectivity index (χ2v) is 8.06. The quantitative estimate of drug-likeness (QED) is 0.639. The molecule has 3 unspecified atom stereocenters. The molecule has 3 aromatic carbocycles. The molecule has 2 heterocycles. The molecule has 3 atom stereocenters. The summed E-state index contributed by atoms with van der Waals surface area (Å²) >= 11 is 0. The van der Waals surface area contributed by atoms with Gasteiger partial charge in [0.1, 0.15) is 11.7 Å². The molecule has 2 aliphatic heterocycles. The lowest BCUT2D eigenvalue weighted by atomic mass is 9.88. The molecule has 6 heteroatoms. The van der Waals surface area contributed by atoms with Crippen molar-refractivity contribution >= 4 is 17.5 Å². The zero-order valence-electron chi connectivity index (χ0n) is 17.3. The molecule has 156 valence electrons. The average molecular weight is 413 g/mol. The van der Waals surface area contributed by atoms with Crippen LogP contribution in [0.3, 0.4) is 0 Å². The van der Waals surface area contributed by atoms with Gasteiger partial charge in [0, 0.05) is 16.8 Å². The van der Waals surface area contributed by atoms with Crippen LogP contribution >= 0.6 is 0 Å². The highest BCUT2D eigenvalue weighted by molar-refractivity contribution is 6.08. The van der Waals surface area contributed by atoms with Crippen molar-refractivity contribution in [2.24, 2.45) is 5.92 Å². The number of hydrogen-bond acceptors (Lipinski definition) is 4. The standard InChI is InChI=1S/C25H23N3O3/c1-16-10-6-8-14-19(16)26-23(29)21-22-18-13-7-9-15-20(18)31-25(2,28(22)27-24(21)30)17-11-4-3-5-12-17/h3-15,21-22H,1-2H3,(H,26,29)(H,27,30). The number of anilines is 1. The number of carbonyl (C=O) groups is 2. The maximum absolute atomic E-state index is 13.4. The van der Waals surface area contributed by atoms with Crippen molar-refractivity contribution < 1.29 is 14.3 Å². The lowest BCUT2D eigenvalue weighted by molar-refractivity contribution is -0.144. The normalized spacial score (nSPS) is 24.5. The molecule has 1 saturated heterocycles. The van der Waals surface area contributed by atoms with Crippen molar-refractivity contribution in [2.75, 3.05) is 5.32 Å². The fourth-order valence-corrected chi connectivity index (χ4v) is 4.45. The third-order valence-electron chi connectivity index (χ3n) is 6.11. The number of aryl methyl sites for hydroxylation is 1. The summed E-state index contributed by atoms with van der Waals surface area (Å²) in [4.78, 5) is 26.5. The van der Waals surface area contributed by atoms with E-state index in [2.05, 4.69) is 10.7 Å². The Hall–Kier alpha value is -3.64. The number of hydrazine groups is 1. The van der Waals surface area contributed by atoms with Gasteiger partial charge in [-0.15, -0.1) is 0 Å². The minimum atomic E-state index is -0.965. The van der Waals surface area contributed by atoms with Crippen LogP contribution in [0.25, 0.3) is 0 Å². The first-order chi connectivity index (χ1) is 15.0. The highest BCUT2D eigenvalue weighted by atomic mass is 16.5. The largest absolute Gasteiger partial charge is 0.467 e. The Morgan fingerprint density at radius 3 is 2.45 bits per heavy atom. The van der Waals surface area contributed by atoms with Crippen molar-refractivity contribution in [1.82, 2.24) is 10.4 Å². The van der Waals surface area contributed by atoms with E-state index in [0.29, 0.717) is 11.4 Å². The van der Waals surface area contributed by atoms with Gasteiger partial charge in [-0.1, -0.05) is 66.7 Å². The van der Waals surface area contributed by atoms with E-state index < -0.39 is 17.7 Å². The molecular formula is C25H23N3O3. The second kappa shape index (κ2) is 7.25. The Morgan fingerprint density at radius 2 is 1.68 bits per heavy atom. The van der Waals surface area contributed by atoms with Crippen molar-refractivity contribution in [1.29, 1.82) is 0 Å². The van der Waals surface area contributed by atoms with E-state index in [1.54, 1.807) is 5.01 Å². The van der Waals surface area contributed by atoms with Crippen LogP contribution in [0.4, 0.5) is 5.69 Å². The van der Waals surface area contributed by atoms with E-state index in [9.17, 15) is 9.59 Å². The summed E-state index contributed by atoms with van der Waals surface area (Å²) in [5.74, 6) is -0.946. The van der Waals surface area contributed by atoms with Crippen LogP contribution in [-0.2, 0) is 15.3 Å². The van der Waals surface area contributed by atoms with Crippen molar-refractivity contribution in [2.45, 2.75) is 25.6 Å². The SMILES string of the molecule is Cc1ccccc1NC(=O)C1C(=O)NN2C1c1ccccc1OC2(C)c1ccccc1. The molecule has 0 aromatic heterocycles. The molecule has 0 radical (unpaired) electrons. The number of nitrogens with one attached hydrogen (secondary N) is 2. The third kappa shape index (κ3) is 3.07. The van der Waals surface area contributed by atoms with Crippen molar-refractivity contribution in [3.8, 4) is 5.75 Å². The number of benzene rings is 3. The predicted molar refractivity (Wildman–Crippen MR) is 117 cm³/mol. The minimum Gasteiger partial charge on any atom is -0.467 e. The maximum Gasteiger partial charge on any atom is 0.249 e. The Balaban J connectivity index is 1.58. The molecule has 3 aromatic rings. The van der Waals surface area contributed by atoms with E-state index >= 15 is 0 Å². The molecule has 0 saturated carbocycles. The van der Waals surface area contributed by atoms with E-state index in [1.165, 1.54) is 0 Å². The summed E-state index contributed by atoms with van der Waals surface area (Å²) in [5.41, 5.74) is 5.29. The monoisotopic (exact) mass is 413 g/mol. The molecule has 31 heavy (non-hydrogen) atoms. The van der Waals surface area contributed by atoms with Gasteiger partial charge in [-0.2, -0.15) is 5.01 Å². The van der Waals surface area contributed by atoms with E-state index in [4.69, 9.17) is 4.74 Å². The maximum atomic E-state index is 13.4. The van der Waals surface area contributed by atoms with Crippen molar-refractivity contribution in [3.05, 3.63) is 95.6 Å². The first kappa shape index (κ1) is 19.3. The predicted octanol–water partition coefficient (Wildman–Crippen LogP) is 3.90. The van der Waals surface area contributed by atoms with Crippen LogP contribution < -0.4 is 15.5 Å². The van der Waals surface area contributed by atoms with Gasteiger partial charge in [0.2, 0.25) is 17.5 Å². The summed E-state index contributed by atoms with van der Waals surface area (Å²) in [6.45, 7) is 3.83. The Bertz CT molecular complexity index is 1160. The van der Waals surface area contributed by atoms with Crippen LogP contribution in [0.5, 0.6) is 5.75 Å². The van der Waals surface area contributed by atoms with Crippen LogP contribution in [0.15, 0.2) is 78.9 Å². The highest BCUT2D eigenvalue weighted by Crippen LogP contribution is 2.50. The highest BCUT2D eigenvalue weighted by Gasteiger charge is 2.57. The number of rotatable bonds is 3. The number of para-hydroxylation sites is 2. The summed E-state index contributed by atoms with van der Waals surface area (Å²) in [6, 6.07) is 24.3. The van der Waals surface area contributed by atoms with Gasteiger partial charge in [-0.25, -0.2) is 0 Å². The Morgan fingerprint density at radius 1 is 1.00 bits per heavy atom. The molecule has 0 aliphatic carbocycles. The van der Waals surface area contributed by atoms with Crippen LogP contribution in [0.1, 0.15) is 29.7 Å². The van der Waals surface area contributed by atoms with Gasteiger partial charge in [-0.3, -0.25) is 15.0 Å². The Labute approximate surface area is 180 Å². The molecule has 2 aliphatic rings. The Kier molecular flexibility index (Phi) is 4.52. The van der Waals surface area contributed by atoms with Crippen molar-refractivity contribution in [3.63, 3.8) is 0 Å². The lowest BCUT2D eigenvalue weighted by Gasteiger charge is -2.46. The number of ether oxygens (including phenoxy) is 1. The molecular weight excluding hydrogens is 390 g/mol. The summed E-state index contributed by atoms with van der Waals surface area (Å²) in [7, 11) is 0. The van der Waals surface area contributed by atoms with Crippen LogP contribution in [0, 0.1) is 12.8 Å². The van der Waals surface area contributed by atoms with Gasteiger partial charge < -0.3 is 10.1 Å². The topological polar surface area (TPSA) is 70.7 Å². The zero-order chi connectivity index (χ0) is 21.6. The molecule has 0 bridgehead atoms. The number of nitrogens with zero attached hydrogens (tertiary/aromatic N) is 1. The smallest absolute Gasteiger partial charge is 0.249 e. The number of carbonyl (C=O) groups excluding carboxylic acids is 2. The molecule has 2 amide bonds. The van der Waals surface area contributed by atoms with Crippen LogP contribution in [-0.4, -0.2) is 16.8 Å². The van der Waals surface area contributed by atoms with E-state index in [0.717, 1.165) is 16.7 Å². The molecule has 1 fully saturated rings. The summed E-state index contributed by atoms with van der Waals surface area (Å²) < 4.78 is 6.41. The van der Waals surface area contributed by atoms with E-state index in [-0.39, 0.29) is 11.8 Å². The molecule has 6 nitrogen and oxygen atoms in total. The first-order valence-electron chi connectivity index (χ1n) is 10.3. The van der Waals surface area contributed by atoms with Gasteiger partial charge >= 0.3 is 0 Å². The molecule has 2 N–H and O–H groups in total. The van der Waals surface area contributed by atoms with Gasteiger partial charge in [0.15, 0.2) is 0 Å². The number of hydrogen-bond donors (Lipinski definition) is 2. The van der Waals surface area contributed by atoms with Crippen LogP contribution in [0.2, 0.25) is 0 Å². The van der Waals surface area contributed by atoms with Gasteiger partial charge in [0.05, 0.1) is 6.04 Å². The average Bonchev–Trinajstić information content (AvgIpc) is 3.14. The van der Waals surface area contributed by atoms with Gasteiger partial charge in [0.25, 0.3) is 0 Å². The van der Waals surface area contributed by atoms with Gasteiger partial charge in [-0.05, 0) is 31.5 Å². The molecule has 0 spiro atoms. The zero-order valence-corrected chi connectivity index (χ0v) is 17.3. The third-order valence-corrected chi connectivity index (χ3v) is 6.11. The molecule has 5 rings (SSSR count). The summed E-state index contributed by atoms with van der Waals surface area (Å²) in [6.07, 6.45) is 0.